The summed E-state index contributed by atoms with van der Waals surface area (Å²) in [6.07, 6.45) is 7.46. The van der Waals surface area contributed by atoms with Gasteiger partial charge in [-0.1, -0.05) is 12.8 Å². The maximum absolute atomic E-state index is 11.0. The Morgan fingerprint density at radius 1 is 1.47 bits per heavy atom. The van der Waals surface area contributed by atoms with Crippen molar-refractivity contribution >= 4 is 5.97 Å². The maximum Gasteiger partial charge on any atom is 0.323 e. The van der Waals surface area contributed by atoms with Gasteiger partial charge in [-0.15, -0.1) is 0 Å². The highest BCUT2D eigenvalue weighted by molar-refractivity contribution is 5.73. The zero-order valence-corrected chi connectivity index (χ0v) is 11.0. The summed E-state index contributed by atoms with van der Waals surface area (Å²) in [5.74, 6) is -0.947. The molecule has 0 aromatic carbocycles. The minimum atomic E-state index is -0.947. The van der Waals surface area contributed by atoms with Crippen molar-refractivity contribution in [2.24, 2.45) is 5.73 Å². The molecule has 0 unspecified atom stereocenters. The number of aliphatic carboxylic acids is 1. The summed E-state index contributed by atoms with van der Waals surface area (Å²) in [5.41, 5.74) is 8.72. The van der Waals surface area contributed by atoms with E-state index in [1.807, 2.05) is 0 Å². The fraction of sp³-hybridized carbons (Fsp3) is 0.667. The van der Waals surface area contributed by atoms with E-state index in [9.17, 15) is 4.79 Å². The summed E-state index contributed by atoms with van der Waals surface area (Å²) in [7, 11) is 0. The molecule has 0 aliphatic heterocycles. The Bertz CT molecular complexity index is 343. The van der Waals surface area contributed by atoms with E-state index < -0.39 is 12.0 Å². The Morgan fingerprint density at radius 3 is 2.89 bits per heavy atom. The molecule has 19 heavy (non-hydrogen) atoms. The number of carboxylic acid groups (broad SMARTS) is 1. The summed E-state index contributed by atoms with van der Waals surface area (Å²) in [6.45, 7) is 1.21. The van der Waals surface area contributed by atoms with Crippen LogP contribution in [0.5, 0.6) is 0 Å². The van der Waals surface area contributed by atoms with Crippen LogP contribution in [0.2, 0.25) is 0 Å². The number of nitrogens with one attached hydrogen (secondary N) is 2. The molecule has 5 N–H and O–H groups in total. The van der Waals surface area contributed by atoms with Crippen molar-refractivity contribution in [3.05, 3.63) is 18.2 Å². The van der Waals surface area contributed by atoms with E-state index in [0.29, 0.717) is 19.6 Å². The fourth-order valence-electron chi connectivity index (χ4n) is 1.63. The SMILES string of the molecule is NCCCCCCON[C@@H](Cc1cnc[nH]1)C(=O)O. The van der Waals surface area contributed by atoms with Gasteiger partial charge in [-0.3, -0.25) is 4.79 Å². The van der Waals surface area contributed by atoms with Gasteiger partial charge < -0.3 is 20.7 Å². The van der Waals surface area contributed by atoms with Crippen molar-refractivity contribution in [3.8, 4) is 0 Å². The van der Waals surface area contributed by atoms with E-state index in [2.05, 4.69) is 15.4 Å². The molecule has 1 atom stereocenters. The van der Waals surface area contributed by atoms with Gasteiger partial charge in [0, 0.05) is 18.3 Å². The van der Waals surface area contributed by atoms with Crippen LogP contribution in [0, 0.1) is 0 Å². The number of rotatable bonds is 11. The second-order valence-corrected chi connectivity index (χ2v) is 4.34. The van der Waals surface area contributed by atoms with Gasteiger partial charge in [0.15, 0.2) is 0 Å². The average molecular weight is 270 g/mol. The number of aromatic nitrogens is 2. The molecule has 0 aliphatic carbocycles. The van der Waals surface area contributed by atoms with Crippen LogP contribution in [0.4, 0.5) is 0 Å². The van der Waals surface area contributed by atoms with Gasteiger partial charge in [0.25, 0.3) is 0 Å². The number of hydrogen-bond acceptors (Lipinski definition) is 5. The normalized spacial score (nSPS) is 12.5. The number of aromatic amines is 1. The summed E-state index contributed by atoms with van der Waals surface area (Å²) in [6, 6.07) is -0.774. The first-order valence-corrected chi connectivity index (χ1v) is 6.51. The molecule has 0 spiro atoms. The molecule has 0 bridgehead atoms. The van der Waals surface area contributed by atoms with Crippen molar-refractivity contribution in [1.29, 1.82) is 0 Å². The van der Waals surface area contributed by atoms with Crippen molar-refractivity contribution in [2.75, 3.05) is 13.2 Å². The van der Waals surface area contributed by atoms with Gasteiger partial charge in [-0.25, -0.2) is 4.98 Å². The third-order valence-corrected chi connectivity index (χ3v) is 2.70. The van der Waals surface area contributed by atoms with Gasteiger partial charge in [-0.05, 0) is 19.4 Å². The first kappa shape index (κ1) is 15.6. The van der Waals surface area contributed by atoms with Crippen molar-refractivity contribution in [2.45, 2.75) is 38.1 Å². The highest BCUT2D eigenvalue weighted by Gasteiger charge is 2.18. The molecule has 0 fully saturated rings. The van der Waals surface area contributed by atoms with Crippen LogP contribution in [0.15, 0.2) is 12.5 Å². The molecule has 1 heterocycles. The predicted molar refractivity (Wildman–Crippen MR) is 70.3 cm³/mol. The molecule has 7 heteroatoms. The fourth-order valence-corrected chi connectivity index (χ4v) is 1.63. The van der Waals surface area contributed by atoms with Gasteiger partial charge in [0.1, 0.15) is 6.04 Å². The van der Waals surface area contributed by atoms with Crippen LogP contribution in [0.3, 0.4) is 0 Å². The smallest absolute Gasteiger partial charge is 0.323 e. The number of nitrogens with zero attached hydrogens (tertiary/aromatic N) is 1. The largest absolute Gasteiger partial charge is 0.480 e. The summed E-state index contributed by atoms with van der Waals surface area (Å²) < 4.78 is 0. The number of hydrogen-bond donors (Lipinski definition) is 4. The first-order valence-electron chi connectivity index (χ1n) is 6.51. The number of carbonyl (C=O) groups is 1. The molecule has 1 rings (SSSR count). The highest BCUT2D eigenvalue weighted by Crippen LogP contribution is 2.01. The lowest BCUT2D eigenvalue weighted by Crippen LogP contribution is -2.38. The third-order valence-electron chi connectivity index (χ3n) is 2.70. The molecular weight excluding hydrogens is 248 g/mol. The Kier molecular flexibility index (Phi) is 7.80. The van der Waals surface area contributed by atoms with Crippen molar-refractivity contribution in [3.63, 3.8) is 0 Å². The third kappa shape index (κ3) is 6.90. The molecular formula is C12H22N4O3. The Morgan fingerprint density at radius 2 is 2.26 bits per heavy atom. The van der Waals surface area contributed by atoms with E-state index in [-0.39, 0.29) is 0 Å². The molecule has 7 nitrogen and oxygen atoms in total. The zero-order chi connectivity index (χ0) is 13.9. The quantitative estimate of drug-likeness (QED) is 0.343. The highest BCUT2D eigenvalue weighted by atomic mass is 16.6. The second-order valence-electron chi connectivity index (χ2n) is 4.34. The minimum absolute atomic E-state index is 0.308. The number of carboxylic acids is 1. The Balaban J connectivity index is 2.14. The van der Waals surface area contributed by atoms with Gasteiger partial charge >= 0.3 is 5.97 Å². The molecule has 0 aliphatic rings. The summed E-state index contributed by atoms with van der Waals surface area (Å²) >= 11 is 0. The lowest BCUT2D eigenvalue weighted by Gasteiger charge is -2.13. The molecule has 0 amide bonds. The molecule has 108 valence electrons. The number of H-pyrrole nitrogens is 1. The molecule has 1 aromatic rings. The lowest BCUT2D eigenvalue weighted by atomic mass is 10.2. The summed E-state index contributed by atoms with van der Waals surface area (Å²) in [5, 5.41) is 9.05. The summed E-state index contributed by atoms with van der Waals surface area (Å²) in [4.78, 5) is 22.9. The van der Waals surface area contributed by atoms with Gasteiger partial charge in [-0.2, -0.15) is 5.48 Å². The average Bonchev–Trinajstić information content (AvgIpc) is 2.89. The predicted octanol–water partition coefficient (Wildman–Crippen LogP) is 0.446. The van der Waals surface area contributed by atoms with Crippen LogP contribution < -0.4 is 11.2 Å². The zero-order valence-electron chi connectivity index (χ0n) is 11.0. The first-order chi connectivity index (χ1) is 9.24. The minimum Gasteiger partial charge on any atom is -0.480 e. The molecule has 0 saturated heterocycles. The number of unbranched alkanes of at least 4 members (excludes halogenated alkanes) is 3. The van der Waals surface area contributed by atoms with E-state index in [0.717, 1.165) is 31.4 Å². The Labute approximate surface area is 112 Å². The number of hydroxylamine groups is 1. The van der Waals surface area contributed by atoms with Gasteiger partial charge in [0.2, 0.25) is 0 Å². The van der Waals surface area contributed by atoms with Crippen LogP contribution in [0.25, 0.3) is 0 Å². The molecule has 0 radical (unpaired) electrons. The molecule has 0 saturated carbocycles. The van der Waals surface area contributed by atoms with E-state index in [1.165, 1.54) is 6.33 Å². The van der Waals surface area contributed by atoms with Crippen LogP contribution in [0.1, 0.15) is 31.4 Å². The van der Waals surface area contributed by atoms with Crippen LogP contribution in [-0.4, -0.2) is 40.2 Å². The lowest BCUT2D eigenvalue weighted by molar-refractivity contribution is -0.144. The van der Waals surface area contributed by atoms with Crippen LogP contribution in [-0.2, 0) is 16.1 Å². The van der Waals surface area contributed by atoms with E-state index in [4.69, 9.17) is 15.7 Å². The second kappa shape index (κ2) is 9.48. The Hall–Kier alpha value is -1.44. The maximum atomic E-state index is 11.0. The number of nitrogens with two attached hydrogens (primary N) is 1. The topological polar surface area (TPSA) is 113 Å². The standard InChI is InChI=1S/C12H22N4O3/c13-5-3-1-2-4-6-19-16-11(12(17)18)7-10-8-14-9-15-10/h8-9,11,16H,1-7,13H2,(H,14,15)(H,17,18)/t11-/m0/s1. The van der Waals surface area contributed by atoms with Crippen LogP contribution >= 0.6 is 0 Å². The number of imidazole rings is 1. The van der Waals surface area contributed by atoms with Crippen molar-refractivity contribution in [1.82, 2.24) is 15.4 Å². The van der Waals surface area contributed by atoms with E-state index >= 15 is 0 Å². The van der Waals surface area contributed by atoms with E-state index in [1.54, 1.807) is 6.20 Å². The molecule has 1 aromatic heterocycles. The monoisotopic (exact) mass is 270 g/mol. The van der Waals surface area contributed by atoms with Gasteiger partial charge in [0.05, 0.1) is 12.9 Å². The van der Waals surface area contributed by atoms with Crippen molar-refractivity contribution < 1.29 is 14.7 Å².